The highest BCUT2D eigenvalue weighted by Crippen LogP contribution is 2.36. The Bertz CT molecular complexity index is 1140. The van der Waals surface area contributed by atoms with Crippen LogP contribution in [0.4, 0.5) is 4.39 Å². The van der Waals surface area contributed by atoms with E-state index in [2.05, 4.69) is 23.2 Å². The van der Waals surface area contributed by atoms with E-state index >= 15 is 0 Å². The summed E-state index contributed by atoms with van der Waals surface area (Å²) in [6, 6.07) is 13.7. The fraction of sp³-hybridized carbons (Fsp3) is 0.576. The minimum Gasteiger partial charge on any atom is -0.457 e. The van der Waals surface area contributed by atoms with E-state index in [0.717, 1.165) is 51.1 Å². The Morgan fingerprint density at radius 2 is 1.73 bits per heavy atom. The molecule has 5 rings (SSSR count). The summed E-state index contributed by atoms with van der Waals surface area (Å²) in [5.74, 6) is 1.81. The number of halogens is 1. The molecule has 2 heterocycles. The van der Waals surface area contributed by atoms with Crippen LogP contribution in [-0.2, 0) is 16.0 Å². The number of likely N-dealkylation sites (tertiary alicyclic amines) is 1. The van der Waals surface area contributed by atoms with Gasteiger partial charge in [-0.3, -0.25) is 9.59 Å². The van der Waals surface area contributed by atoms with E-state index in [1.807, 2.05) is 23.1 Å². The number of hydrogen-bond donors (Lipinski definition) is 1. The van der Waals surface area contributed by atoms with E-state index in [0.29, 0.717) is 31.1 Å². The third kappa shape index (κ3) is 6.68. The Labute approximate surface area is 238 Å². The second kappa shape index (κ2) is 13.2. The van der Waals surface area contributed by atoms with Gasteiger partial charge in [0.25, 0.3) is 0 Å². The van der Waals surface area contributed by atoms with Crippen molar-refractivity contribution in [1.29, 1.82) is 0 Å². The zero-order valence-corrected chi connectivity index (χ0v) is 23.9. The van der Waals surface area contributed by atoms with E-state index in [-0.39, 0.29) is 23.7 Å². The molecule has 3 fully saturated rings. The third-order valence-electron chi connectivity index (χ3n) is 9.19. The van der Waals surface area contributed by atoms with Crippen molar-refractivity contribution in [2.75, 3.05) is 26.2 Å². The van der Waals surface area contributed by atoms with Gasteiger partial charge in [-0.05, 0) is 80.0 Å². The van der Waals surface area contributed by atoms with Crippen molar-refractivity contribution in [3.8, 4) is 11.5 Å². The molecular weight excluding hydrogens is 505 g/mol. The molecule has 0 aromatic heterocycles. The predicted molar refractivity (Wildman–Crippen MR) is 155 cm³/mol. The fourth-order valence-corrected chi connectivity index (χ4v) is 6.77. The number of nitrogens with zero attached hydrogens (tertiary/aromatic N) is 2. The van der Waals surface area contributed by atoms with Crippen LogP contribution in [0.15, 0.2) is 48.5 Å². The van der Waals surface area contributed by atoms with Gasteiger partial charge >= 0.3 is 0 Å². The summed E-state index contributed by atoms with van der Waals surface area (Å²) in [4.78, 5) is 31.8. The number of piperidine rings is 1. The molecule has 2 amide bonds. The van der Waals surface area contributed by atoms with Crippen molar-refractivity contribution in [1.82, 2.24) is 15.1 Å². The number of ether oxygens (including phenoxy) is 1. The van der Waals surface area contributed by atoms with E-state index in [1.165, 1.54) is 49.8 Å². The van der Waals surface area contributed by atoms with Crippen LogP contribution in [0.25, 0.3) is 0 Å². The standard InChI is InChI=1S/C33H44FN3O3/c1-2-3-19-37-31(38)30(24-25-8-5-4-6-9-25)35-32(39)33(37)17-21-36(22-18-33)20-16-26-10-7-11-29(23-26)40-28-14-12-27(34)13-15-28/h7,10-15,23,25,30H,2-6,8-9,16-22,24H2,1H3,(H,35,39)/t30-/m0/s1. The summed E-state index contributed by atoms with van der Waals surface area (Å²) in [7, 11) is 0. The zero-order chi connectivity index (χ0) is 28.0. The van der Waals surface area contributed by atoms with Gasteiger partial charge in [-0.15, -0.1) is 0 Å². The maximum absolute atomic E-state index is 13.8. The van der Waals surface area contributed by atoms with Crippen molar-refractivity contribution in [2.45, 2.75) is 89.1 Å². The van der Waals surface area contributed by atoms with Gasteiger partial charge in [0, 0.05) is 26.2 Å². The first-order valence-corrected chi connectivity index (χ1v) is 15.3. The van der Waals surface area contributed by atoms with Crippen LogP contribution >= 0.6 is 0 Å². The molecule has 6 nitrogen and oxygen atoms in total. The third-order valence-corrected chi connectivity index (χ3v) is 9.19. The summed E-state index contributed by atoms with van der Waals surface area (Å²) >= 11 is 0. The van der Waals surface area contributed by atoms with Crippen molar-refractivity contribution in [3.63, 3.8) is 0 Å². The van der Waals surface area contributed by atoms with Crippen molar-refractivity contribution >= 4 is 11.8 Å². The molecule has 7 heteroatoms. The normalized spacial score (nSPS) is 21.9. The van der Waals surface area contributed by atoms with Gasteiger partial charge in [0.15, 0.2) is 0 Å². The number of piperazine rings is 1. The lowest BCUT2D eigenvalue weighted by atomic mass is 9.79. The molecular formula is C33H44FN3O3. The van der Waals surface area contributed by atoms with Gasteiger partial charge in [-0.2, -0.15) is 0 Å². The van der Waals surface area contributed by atoms with Crippen LogP contribution in [-0.4, -0.2) is 59.4 Å². The van der Waals surface area contributed by atoms with E-state index in [4.69, 9.17) is 4.74 Å². The van der Waals surface area contributed by atoms with Crippen LogP contribution in [0.5, 0.6) is 11.5 Å². The summed E-state index contributed by atoms with van der Waals surface area (Å²) in [6.07, 6.45) is 11.1. The lowest BCUT2D eigenvalue weighted by Gasteiger charge is -2.52. The number of benzene rings is 2. The topological polar surface area (TPSA) is 61.9 Å². The molecule has 40 heavy (non-hydrogen) atoms. The molecule has 1 N–H and O–H groups in total. The fourth-order valence-electron chi connectivity index (χ4n) is 6.77. The van der Waals surface area contributed by atoms with E-state index in [1.54, 1.807) is 12.1 Å². The lowest BCUT2D eigenvalue weighted by molar-refractivity contribution is -0.161. The van der Waals surface area contributed by atoms with Crippen molar-refractivity contribution in [3.05, 3.63) is 59.9 Å². The van der Waals surface area contributed by atoms with Gasteiger partial charge in [0.2, 0.25) is 11.8 Å². The molecule has 2 aliphatic heterocycles. The number of carbonyl (C=O) groups is 2. The Morgan fingerprint density at radius 3 is 2.45 bits per heavy atom. The number of hydrogen-bond acceptors (Lipinski definition) is 4. The summed E-state index contributed by atoms with van der Waals surface area (Å²) in [6.45, 7) is 5.28. The molecule has 0 radical (unpaired) electrons. The average molecular weight is 550 g/mol. The van der Waals surface area contributed by atoms with Crippen LogP contribution in [0.1, 0.15) is 76.7 Å². The summed E-state index contributed by atoms with van der Waals surface area (Å²) in [5.41, 5.74) is 0.454. The molecule has 216 valence electrons. The quantitative estimate of drug-likeness (QED) is 0.390. The first-order chi connectivity index (χ1) is 19.5. The number of amides is 2. The summed E-state index contributed by atoms with van der Waals surface area (Å²) < 4.78 is 19.1. The lowest BCUT2D eigenvalue weighted by Crippen LogP contribution is -2.73. The minimum absolute atomic E-state index is 0.0642. The smallest absolute Gasteiger partial charge is 0.246 e. The van der Waals surface area contributed by atoms with Gasteiger partial charge in [-0.1, -0.05) is 57.6 Å². The number of rotatable bonds is 10. The molecule has 0 unspecified atom stereocenters. The Kier molecular flexibility index (Phi) is 9.40. The van der Waals surface area contributed by atoms with Crippen LogP contribution in [0.3, 0.4) is 0 Å². The molecule has 2 saturated heterocycles. The van der Waals surface area contributed by atoms with Crippen molar-refractivity contribution < 1.29 is 18.7 Å². The number of carbonyl (C=O) groups excluding carboxylic acids is 2. The van der Waals surface area contributed by atoms with Gasteiger partial charge in [0.05, 0.1) is 0 Å². The largest absolute Gasteiger partial charge is 0.457 e. The van der Waals surface area contributed by atoms with Gasteiger partial charge < -0.3 is 19.9 Å². The Balaban J connectivity index is 1.18. The van der Waals surface area contributed by atoms with Crippen LogP contribution in [0.2, 0.25) is 0 Å². The van der Waals surface area contributed by atoms with Gasteiger partial charge in [-0.25, -0.2) is 4.39 Å². The maximum Gasteiger partial charge on any atom is 0.246 e. The minimum atomic E-state index is -0.714. The first kappa shape index (κ1) is 28.6. The molecule has 1 atom stereocenters. The molecule has 1 saturated carbocycles. The molecule has 1 aliphatic carbocycles. The molecule has 2 aromatic carbocycles. The zero-order valence-electron chi connectivity index (χ0n) is 23.9. The van der Waals surface area contributed by atoms with Crippen molar-refractivity contribution in [2.24, 2.45) is 5.92 Å². The second-order valence-electron chi connectivity index (χ2n) is 11.9. The number of unbranched alkanes of at least 4 members (excludes halogenated alkanes) is 1. The molecule has 0 bridgehead atoms. The summed E-state index contributed by atoms with van der Waals surface area (Å²) in [5, 5.41) is 3.20. The van der Waals surface area contributed by atoms with E-state index < -0.39 is 5.54 Å². The highest BCUT2D eigenvalue weighted by Gasteiger charge is 2.53. The second-order valence-corrected chi connectivity index (χ2v) is 11.9. The Hall–Kier alpha value is -2.93. The maximum atomic E-state index is 13.8. The van der Waals surface area contributed by atoms with E-state index in [9.17, 15) is 14.0 Å². The Morgan fingerprint density at radius 1 is 0.975 bits per heavy atom. The highest BCUT2D eigenvalue weighted by atomic mass is 19.1. The highest BCUT2D eigenvalue weighted by molar-refractivity contribution is 6.00. The average Bonchev–Trinajstić information content (AvgIpc) is 2.97. The molecule has 2 aromatic rings. The number of nitrogens with one attached hydrogen (secondary N) is 1. The van der Waals surface area contributed by atoms with Gasteiger partial charge in [0.1, 0.15) is 28.9 Å². The molecule has 1 spiro atoms. The predicted octanol–water partition coefficient (Wildman–Crippen LogP) is 6.09. The molecule has 3 aliphatic rings. The van der Waals surface area contributed by atoms with Crippen LogP contribution < -0.4 is 10.1 Å². The SMILES string of the molecule is CCCCN1C(=O)[C@H](CC2CCCCC2)NC(=O)C12CCN(CCc1cccc(Oc3ccc(F)cc3)c1)CC2. The first-order valence-electron chi connectivity index (χ1n) is 15.3. The monoisotopic (exact) mass is 549 g/mol. The van der Waals surface area contributed by atoms with Crippen LogP contribution in [0, 0.1) is 11.7 Å².